The van der Waals surface area contributed by atoms with E-state index in [4.69, 9.17) is 0 Å². The Morgan fingerprint density at radius 3 is 2.75 bits per heavy atom. The molecule has 0 spiro atoms. The molecule has 0 aliphatic heterocycles. The Kier molecular flexibility index (Phi) is 4.84. The maximum absolute atomic E-state index is 13.9. The zero-order valence-corrected chi connectivity index (χ0v) is 11.7. The molecule has 5 heteroatoms. The molecule has 2 aromatic rings. The molecule has 3 nitrogen and oxygen atoms in total. The molecule has 0 fully saturated rings. The van der Waals surface area contributed by atoms with Gasteiger partial charge in [0.05, 0.1) is 6.20 Å². The van der Waals surface area contributed by atoms with Gasteiger partial charge in [-0.3, -0.25) is 4.68 Å². The van der Waals surface area contributed by atoms with Gasteiger partial charge in [-0.05, 0) is 31.0 Å². The summed E-state index contributed by atoms with van der Waals surface area (Å²) in [6.45, 7) is 2.83. The van der Waals surface area contributed by atoms with Crippen LogP contribution in [-0.4, -0.2) is 16.3 Å². The molecule has 1 N–H and O–H groups in total. The highest BCUT2D eigenvalue weighted by Gasteiger charge is 2.17. The fourth-order valence-electron chi connectivity index (χ4n) is 2.21. The summed E-state index contributed by atoms with van der Waals surface area (Å²) in [5.74, 6) is -1.07. The molecule has 1 aromatic heterocycles. The summed E-state index contributed by atoms with van der Waals surface area (Å²) in [5, 5.41) is 7.42. The summed E-state index contributed by atoms with van der Waals surface area (Å²) in [5.41, 5.74) is 1.51. The van der Waals surface area contributed by atoms with Crippen molar-refractivity contribution in [2.24, 2.45) is 7.05 Å². The Labute approximate surface area is 117 Å². The quantitative estimate of drug-likeness (QED) is 0.881. The standard InChI is InChI=1S/C15H19F2N3/c1-3-6-18-15(7-11-9-19-20(2)10-11)13-5-4-12(16)8-14(13)17/h4-5,8-10,15,18H,3,6-7H2,1-2H3. The molecule has 2 rings (SSSR count). The summed E-state index contributed by atoms with van der Waals surface area (Å²) >= 11 is 0. The highest BCUT2D eigenvalue weighted by atomic mass is 19.1. The second-order valence-corrected chi connectivity index (χ2v) is 4.90. The molecule has 0 bridgehead atoms. The van der Waals surface area contributed by atoms with E-state index >= 15 is 0 Å². The van der Waals surface area contributed by atoms with Crippen molar-refractivity contribution >= 4 is 0 Å². The highest BCUT2D eigenvalue weighted by Crippen LogP contribution is 2.22. The molecular weight excluding hydrogens is 260 g/mol. The van der Waals surface area contributed by atoms with Crippen LogP contribution in [0.1, 0.15) is 30.5 Å². The van der Waals surface area contributed by atoms with Crippen LogP contribution in [0.5, 0.6) is 0 Å². The van der Waals surface area contributed by atoms with Crippen molar-refractivity contribution in [2.45, 2.75) is 25.8 Å². The van der Waals surface area contributed by atoms with E-state index in [0.29, 0.717) is 12.0 Å². The predicted octanol–water partition coefficient (Wildman–Crippen LogP) is 2.98. The first kappa shape index (κ1) is 14.7. The van der Waals surface area contributed by atoms with Gasteiger partial charge >= 0.3 is 0 Å². The lowest BCUT2D eigenvalue weighted by atomic mass is 10.00. The van der Waals surface area contributed by atoms with Gasteiger partial charge in [0, 0.05) is 30.9 Å². The SMILES string of the molecule is CCCNC(Cc1cnn(C)c1)c1ccc(F)cc1F. The van der Waals surface area contributed by atoms with Crippen molar-refractivity contribution in [1.82, 2.24) is 15.1 Å². The molecule has 1 heterocycles. The van der Waals surface area contributed by atoms with Crippen LogP contribution in [0.3, 0.4) is 0 Å². The van der Waals surface area contributed by atoms with Crippen LogP contribution in [-0.2, 0) is 13.5 Å². The number of rotatable bonds is 6. The first-order valence-corrected chi connectivity index (χ1v) is 6.76. The molecule has 0 amide bonds. The van der Waals surface area contributed by atoms with Crippen LogP contribution in [0.4, 0.5) is 8.78 Å². The Hall–Kier alpha value is -1.75. The Morgan fingerprint density at radius 1 is 1.35 bits per heavy atom. The molecular formula is C15H19F2N3. The minimum atomic E-state index is -0.554. The van der Waals surface area contributed by atoms with Crippen LogP contribution in [0.25, 0.3) is 0 Å². The molecule has 1 unspecified atom stereocenters. The third-order valence-electron chi connectivity index (χ3n) is 3.18. The lowest BCUT2D eigenvalue weighted by Gasteiger charge is -2.19. The average molecular weight is 279 g/mol. The fraction of sp³-hybridized carbons (Fsp3) is 0.400. The third-order valence-corrected chi connectivity index (χ3v) is 3.18. The van der Waals surface area contributed by atoms with E-state index in [1.807, 2.05) is 13.2 Å². The van der Waals surface area contributed by atoms with Gasteiger partial charge in [0.2, 0.25) is 0 Å². The van der Waals surface area contributed by atoms with E-state index < -0.39 is 11.6 Å². The highest BCUT2D eigenvalue weighted by molar-refractivity contribution is 5.24. The molecule has 1 atom stereocenters. The second-order valence-electron chi connectivity index (χ2n) is 4.90. The molecule has 20 heavy (non-hydrogen) atoms. The van der Waals surface area contributed by atoms with Gasteiger partial charge < -0.3 is 5.32 Å². The zero-order chi connectivity index (χ0) is 14.5. The number of hydrogen-bond donors (Lipinski definition) is 1. The largest absolute Gasteiger partial charge is 0.310 e. The summed E-state index contributed by atoms with van der Waals surface area (Å²) in [6.07, 6.45) is 5.24. The summed E-state index contributed by atoms with van der Waals surface area (Å²) < 4.78 is 28.7. The van der Waals surface area contributed by atoms with Crippen molar-refractivity contribution in [3.8, 4) is 0 Å². The lowest BCUT2D eigenvalue weighted by Crippen LogP contribution is -2.25. The Bertz CT molecular complexity index is 566. The van der Waals surface area contributed by atoms with E-state index in [0.717, 1.165) is 24.6 Å². The fourth-order valence-corrected chi connectivity index (χ4v) is 2.21. The maximum atomic E-state index is 13.9. The van der Waals surface area contributed by atoms with E-state index in [9.17, 15) is 8.78 Å². The van der Waals surface area contributed by atoms with Crippen molar-refractivity contribution in [2.75, 3.05) is 6.54 Å². The number of halogens is 2. The summed E-state index contributed by atoms with van der Waals surface area (Å²) in [6, 6.07) is 3.55. The van der Waals surface area contributed by atoms with Crippen LogP contribution < -0.4 is 5.32 Å². The van der Waals surface area contributed by atoms with Crippen LogP contribution >= 0.6 is 0 Å². The van der Waals surface area contributed by atoms with E-state index in [2.05, 4.69) is 17.3 Å². The molecule has 0 aliphatic rings. The van der Waals surface area contributed by atoms with Gasteiger partial charge in [-0.15, -0.1) is 0 Å². The molecule has 1 aromatic carbocycles. The van der Waals surface area contributed by atoms with Gasteiger partial charge in [0.25, 0.3) is 0 Å². The van der Waals surface area contributed by atoms with Crippen molar-refractivity contribution in [3.05, 3.63) is 53.4 Å². The van der Waals surface area contributed by atoms with Gasteiger partial charge in [0.15, 0.2) is 0 Å². The number of aryl methyl sites for hydroxylation is 1. The minimum absolute atomic E-state index is 0.181. The van der Waals surface area contributed by atoms with Crippen LogP contribution in [0.15, 0.2) is 30.6 Å². The zero-order valence-electron chi connectivity index (χ0n) is 11.7. The molecule has 0 saturated carbocycles. The average Bonchev–Trinajstić information content (AvgIpc) is 2.80. The smallest absolute Gasteiger partial charge is 0.130 e. The number of nitrogens with zero attached hydrogens (tertiary/aromatic N) is 2. The maximum Gasteiger partial charge on any atom is 0.130 e. The Morgan fingerprint density at radius 2 is 2.15 bits per heavy atom. The summed E-state index contributed by atoms with van der Waals surface area (Å²) in [4.78, 5) is 0. The van der Waals surface area contributed by atoms with Crippen LogP contribution in [0.2, 0.25) is 0 Å². The monoisotopic (exact) mass is 279 g/mol. The molecule has 0 saturated heterocycles. The van der Waals surface area contributed by atoms with E-state index in [-0.39, 0.29) is 6.04 Å². The first-order valence-electron chi connectivity index (χ1n) is 6.76. The van der Waals surface area contributed by atoms with Crippen molar-refractivity contribution < 1.29 is 8.78 Å². The topological polar surface area (TPSA) is 29.9 Å². The number of hydrogen-bond acceptors (Lipinski definition) is 2. The van der Waals surface area contributed by atoms with Crippen molar-refractivity contribution in [3.63, 3.8) is 0 Å². The normalized spacial score (nSPS) is 12.6. The molecule has 108 valence electrons. The van der Waals surface area contributed by atoms with Gasteiger partial charge in [-0.25, -0.2) is 8.78 Å². The van der Waals surface area contributed by atoms with Gasteiger partial charge in [-0.1, -0.05) is 13.0 Å². The minimum Gasteiger partial charge on any atom is -0.310 e. The second kappa shape index (κ2) is 6.61. The predicted molar refractivity (Wildman–Crippen MR) is 74.3 cm³/mol. The third kappa shape index (κ3) is 3.63. The van der Waals surface area contributed by atoms with E-state index in [1.54, 1.807) is 10.9 Å². The number of nitrogens with one attached hydrogen (secondary N) is 1. The van der Waals surface area contributed by atoms with Crippen LogP contribution in [0, 0.1) is 11.6 Å². The van der Waals surface area contributed by atoms with Crippen molar-refractivity contribution in [1.29, 1.82) is 0 Å². The summed E-state index contributed by atoms with van der Waals surface area (Å²) in [7, 11) is 1.84. The van der Waals surface area contributed by atoms with E-state index in [1.165, 1.54) is 12.1 Å². The molecule has 0 radical (unpaired) electrons. The number of aromatic nitrogens is 2. The number of benzene rings is 1. The Balaban J connectivity index is 2.22. The van der Waals surface area contributed by atoms with Gasteiger partial charge in [-0.2, -0.15) is 5.10 Å². The van der Waals surface area contributed by atoms with Gasteiger partial charge in [0.1, 0.15) is 11.6 Å². The lowest BCUT2D eigenvalue weighted by molar-refractivity contribution is 0.491. The molecule has 0 aliphatic carbocycles. The first-order chi connectivity index (χ1) is 9.60.